The Bertz CT molecular complexity index is 812. The van der Waals surface area contributed by atoms with Gasteiger partial charge in [0, 0.05) is 17.5 Å². The standard InChI is InChI=1S/C15H16N2O4S/c1-9-4-5-10(7-14(9)22(16,19)20)17-15(18)12-8-11(12)13-3-2-6-21-13/h2-7,11-12H,8H2,1H3,(H,17,18)(H2,16,19,20). The molecule has 116 valence electrons. The van der Waals surface area contributed by atoms with Crippen molar-refractivity contribution in [3.8, 4) is 0 Å². The third kappa shape index (κ3) is 2.90. The largest absolute Gasteiger partial charge is 0.469 e. The Morgan fingerprint density at radius 1 is 1.36 bits per heavy atom. The van der Waals surface area contributed by atoms with Crippen LogP contribution in [0.1, 0.15) is 23.7 Å². The van der Waals surface area contributed by atoms with Crippen molar-refractivity contribution in [1.82, 2.24) is 0 Å². The van der Waals surface area contributed by atoms with E-state index in [1.54, 1.807) is 31.4 Å². The zero-order valence-corrected chi connectivity index (χ0v) is 12.8. The second-order valence-electron chi connectivity index (χ2n) is 5.48. The molecule has 3 N–H and O–H groups in total. The molecular formula is C15H16N2O4S. The molecule has 0 saturated heterocycles. The maximum atomic E-state index is 12.2. The second kappa shape index (κ2) is 5.26. The van der Waals surface area contributed by atoms with Crippen molar-refractivity contribution < 1.29 is 17.6 Å². The first kappa shape index (κ1) is 14.8. The number of rotatable bonds is 4. The maximum Gasteiger partial charge on any atom is 0.238 e. The number of primary sulfonamides is 1. The molecule has 0 aliphatic heterocycles. The van der Waals surface area contributed by atoms with Gasteiger partial charge in [-0.3, -0.25) is 4.79 Å². The van der Waals surface area contributed by atoms with E-state index in [-0.39, 0.29) is 22.6 Å². The van der Waals surface area contributed by atoms with Crippen molar-refractivity contribution in [1.29, 1.82) is 0 Å². The number of sulfonamides is 1. The van der Waals surface area contributed by atoms with E-state index in [2.05, 4.69) is 5.32 Å². The van der Waals surface area contributed by atoms with Crippen molar-refractivity contribution in [3.05, 3.63) is 47.9 Å². The molecule has 1 aliphatic rings. The molecule has 0 bridgehead atoms. The number of carbonyl (C=O) groups is 1. The van der Waals surface area contributed by atoms with E-state index < -0.39 is 10.0 Å². The molecule has 1 aliphatic carbocycles. The van der Waals surface area contributed by atoms with Crippen molar-refractivity contribution in [2.45, 2.75) is 24.2 Å². The number of aryl methyl sites for hydroxylation is 1. The van der Waals surface area contributed by atoms with E-state index in [1.165, 1.54) is 6.07 Å². The molecule has 0 radical (unpaired) electrons. The average Bonchev–Trinajstić information content (AvgIpc) is 3.06. The molecule has 1 aromatic carbocycles. The Hall–Kier alpha value is -2.12. The number of anilines is 1. The van der Waals surface area contributed by atoms with Crippen molar-refractivity contribution >= 4 is 21.6 Å². The zero-order chi connectivity index (χ0) is 15.9. The summed E-state index contributed by atoms with van der Waals surface area (Å²) in [5.74, 6) is 0.600. The van der Waals surface area contributed by atoms with Crippen molar-refractivity contribution in [2.24, 2.45) is 11.1 Å². The van der Waals surface area contributed by atoms with Crippen LogP contribution < -0.4 is 10.5 Å². The predicted octanol–water partition coefficient (Wildman–Crippen LogP) is 1.98. The van der Waals surface area contributed by atoms with Crippen LogP contribution >= 0.6 is 0 Å². The molecule has 2 unspecified atom stereocenters. The first-order valence-corrected chi connectivity index (χ1v) is 8.38. The number of benzene rings is 1. The molecule has 0 spiro atoms. The molecule has 2 aromatic rings. The summed E-state index contributed by atoms with van der Waals surface area (Å²) >= 11 is 0. The minimum absolute atomic E-state index is 0.0173. The Kier molecular flexibility index (Phi) is 3.54. The summed E-state index contributed by atoms with van der Waals surface area (Å²) in [6.07, 6.45) is 2.31. The number of nitrogens with one attached hydrogen (secondary N) is 1. The van der Waals surface area contributed by atoms with Gasteiger partial charge in [-0.1, -0.05) is 6.07 Å². The van der Waals surface area contributed by atoms with Gasteiger partial charge in [-0.15, -0.1) is 0 Å². The molecule has 2 atom stereocenters. The van der Waals surface area contributed by atoms with Gasteiger partial charge >= 0.3 is 0 Å². The van der Waals surface area contributed by atoms with Crippen molar-refractivity contribution in [3.63, 3.8) is 0 Å². The van der Waals surface area contributed by atoms with Crippen LogP contribution in [0.25, 0.3) is 0 Å². The van der Waals surface area contributed by atoms with Gasteiger partial charge in [0.05, 0.1) is 11.2 Å². The molecule has 1 fully saturated rings. The summed E-state index contributed by atoms with van der Waals surface area (Å²) in [4.78, 5) is 12.2. The lowest BCUT2D eigenvalue weighted by atomic mass is 10.2. The lowest BCUT2D eigenvalue weighted by molar-refractivity contribution is -0.117. The van der Waals surface area contributed by atoms with Crippen LogP contribution in [0.3, 0.4) is 0 Å². The Balaban J connectivity index is 1.73. The predicted molar refractivity (Wildman–Crippen MR) is 80.7 cm³/mol. The number of furan rings is 1. The highest BCUT2D eigenvalue weighted by atomic mass is 32.2. The summed E-state index contributed by atoms with van der Waals surface area (Å²) in [6.45, 7) is 1.65. The van der Waals surface area contributed by atoms with Gasteiger partial charge in [-0.25, -0.2) is 13.6 Å². The average molecular weight is 320 g/mol. The molecule has 1 saturated carbocycles. The molecule has 1 amide bonds. The third-order valence-corrected chi connectivity index (χ3v) is 4.85. The zero-order valence-electron chi connectivity index (χ0n) is 11.9. The molecule has 6 nitrogen and oxygen atoms in total. The number of hydrogen-bond donors (Lipinski definition) is 2. The lowest BCUT2D eigenvalue weighted by Crippen LogP contribution is -2.17. The fraction of sp³-hybridized carbons (Fsp3) is 0.267. The molecule has 3 rings (SSSR count). The molecular weight excluding hydrogens is 304 g/mol. The SMILES string of the molecule is Cc1ccc(NC(=O)C2CC2c2ccco2)cc1S(N)(=O)=O. The smallest absolute Gasteiger partial charge is 0.238 e. The Morgan fingerprint density at radius 2 is 2.14 bits per heavy atom. The van der Waals surface area contributed by atoms with Gasteiger partial charge in [0.25, 0.3) is 0 Å². The molecule has 1 heterocycles. The topological polar surface area (TPSA) is 102 Å². The van der Waals surface area contributed by atoms with Gasteiger partial charge in [0.2, 0.25) is 15.9 Å². The van der Waals surface area contributed by atoms with Crippen LogP contribution in [0.4, 0.5) is 5.69 Å². The number of nitrogens with two attached hydrogens (primary N) is 1. The minimum atomic E-state index is -3.81. The van der Waals surface area contributed by atoms with Crippen LogP contribution in [-0.2, 0) is 14.8 Å². The van der Waals surface area contributed by atoms with Gasteiger partial charge in [-0.05, 0) is 43.2 Å². The Morgan fingerprint density at radius 3 is 2.77 bits per heavy atom. The summed E-state index contributed by atoms with van der Waals surface area (Å²) in [6, 6.07) is 8.30. The van der Waals surface area contributed by atoms with E-state index in [4.69, 9.17) is 9.56 Å². The summed E-state index contributed by atoms with van der Waals surface area (Å²) in [5.41, 5.74) is 0.963. The van der Waals surface area contributed by atoms with Crippen LogP contribution in [0.15, 0.2) is 45.9 Å². The van der Waals surface area contributed by atoms with Crippen molar-refractivity contribution in [2.75, 3.05) is 5.32 Å². The van der Waals surface area contributed by atoms with Crippen LogP contribution in [0.2, 0.25) is 0 Å². The molecule has 1 aromatic heterocycles. The highest BCUT2D eigenvalue weighted by Gasteiger charge is 2.45. The second-order valence-corrected chi connectivity index (χ2v) is 7.01. The van der Waals surface area contributed by atoms with Crippen LogP contribution in [0.5, 0.6) is 0 Å². The molecule has 7 heteroatoms. The summed E-state index contributed by atoms with van der Waals surface area (Å²) < 4.78 is 28.3. The molecule has 22 heavy (non-hydrogen) atoms. The maximum absolute atomic E-state index is 12.2. The Labute approximate surface area is 128 Å². The van der Waals surface area contributed by atoms with Gasteiger partial charge in [-0.2, -0.15) is 0 Å². The van der Waals surface area contributed by atoms with Gasteiger partial charge in [0.15, 0.2) is 0 Å². The number of amides is 1. The van der Waals surface area contributed by atoms with E-state index in [9.17, 15) is 13.2 Å². The van der Waals surface area contributed by atoms with E-state index in [0.29, 0.717) is 11.3 Å². The highest BCUT2D eigenvalue weighted by Crippen LogP contribution is 2.48. The quantitative estimate of drug-likeness (QED) is 0.899. The minimum Gasteiger partial charge on any atom is -0.469 e. The first-order valence-electron chi connectivity index (χ1n) is 6.84. The lowest BCUT2D eigenvalue weighted by Gasteiger charge is -2.08. The normalized spacial score (nSPS) is 20.6. The van der Waals surface area contributed by atoms with E-state index in [0.717, 1.165) is 12.2 Å². The van der Waals surface area contributed by atoms with E-state index in [1.807, 2.05) is 6.07 Å². The summed E-state index contributed by atoms with van der Waals surface area (Å²) in [5, 5.41) is 7.90. The number of carbonyl (C=O) groups excluding carboxylic acids is 1. The van der Waals surface area contributed by atoms with Gasteiger partial charge < -0.3 is 9.73 Å². The van der Waals surface area contributed by atoms with Crippen LogP contribution in [-0.4, -0.2) is 14.3 Å². The number of hydrogen-bond acceptors (Lipinski definition) is 4. The third-order valence-electron chi connectivity index (χ3n) is 3.80. The fourth-order valence-corrected chi connectivity index (χ4v) is 3.33. The van der Waals surface area contributed by atoms with E-state index >= 15 is 0 Å². The summed E-state index contributed by atoms with van der Waals surface area (Å²) in [7, 11) is -3.81. The van der Waals surface area contributed by atoms with Gasteiger partial charge in [0.1, 0.15) is 5.76 Å². The fourth-order valence-electron chi connectivity index (χ4n) is 2.52. The highest BCUT2D eigenvalue weighted by molar-refractivity contribution is 7.89. The monoisotopic (exact) mass is 320 g/mol. The van der Waals surface area contributed by atoms with Crippen LogP contribution in [0, 0.1) is 12.8 Å². The first-order chi connectivity index (χ1) is 10.4.